The van der Waals surface area contributed by atoms with Crippen molar-refractivity contribution in [1.82, 2.24) is 5.06 Å². The third-order valence-corrected chi connectivity index (χ3v) is 13.3. The maximum atomic E-state index is 13.2. The largest absolute Gasteiger partial charge is 0.545 e. The van der Waals surface area contributed by atoms with Gasteiger partial charge in [-0.25, -0.2) is 9.37 Å². The van der Waals surface area contributed by atoms with Crippen LogP contribution in [0.1, 0.15) is 70.4 Å². The molecule has 0 aromatic heterocycles. The molecule has 3 saturated heterocycles. The Morgan fingerprint density at radius 1 is 0.889 bits per heavy atom. The van der Waals surface area contributed by atoms with Gasteiger partial charge in [0.25, 0.3) is 11.8 Å². The molecule has 0 saturated carbocycles. The van der Waals surface area contributed by atoms with Gasteiger partial charge in [-0.2, -0.15) is 0 Å². The number of rotatable bonds is 5. The van der Waals surface area contributed by atoms with Gasteiger partial charge in [0.15, 0.2) is 5.71 Å². The fourth-order valence-corrected chi connectivity index (χ4v) is 10.4. The number of hydrogen-bond acceptors (Lipinski definition) is 7. The highest BCUT2D eigenvalue weighted by atomic mass is 28.3. The highest BCUT2D eigenvalue weighted by Crippen LogP contribution is 2.43. The highest BCUT2D eigenvalue weighted by molar-refractivity contribution is 6.98. The summed E-state index contributed by atoms with van der Waals surface area (Å²) in [5.41, 5.74) is 5.24. The molecule has 0 N–H and O–H groups in total. The predicted octanol–water partition coefficient (Wildman–Crippen LogP) is 2.88. The Kier molecular flexibility index (Phi) is 7.19. The highest BCUT2D eigenvalue weighted by Gasteiger charge is 2.42. The van der Waals surface area contributed by atoms with Gasteiger partial charge >= 0.3 is 5.97 Å². The zero-order valence-corrected chi connectivity index (χ0v) is 26.6. The van der Waals surface area contributed by atoms with Crippen LogP contribution < -0.4 is 15.2 Å². The first-order valence-electron chi connectivity index (χ1n) is 15.7. The van der Waals surface area contributed by atoms with Gasteiger partial charge in [-0.3, -0.25) is 9.59 Å². The van der Waals surface area contributed by atoms with E-state index in [-0.39, 0.29) is 24.0 Å². The second kappa shape index (κ2) is 11.1. The van der Waals surface area contributed by atoms with Gasteiger partial charge in [-0.1, -0.05) is 25.2 Å². The van der Waals surface area contributed by atoms with Crippen molar-refractivity contribution in [2.24, 2.45) is 0 Å². The summed E-state index contributed by atoms with van der Waals surface area (Å²) < 4.78 is 2.41. The SMILES string of the molecule is C[Si]1(C)C2=CC(=[N+]3CCCC3)C=CC2=C(c2cc(C(=O)ON3C(=O)CCC3=O)ccc2C(=O)[O-])c2ccc(N3CCCC3)cc21. The fraction of sp³-hybridized carbons (Fsp3) is 0.343. The van der Waals surface area contributed by atoms with Crippen LogP contribution in [0.2, 0.25) is 13.1 Å². The molecule has 10 heteroatoms. The smallest absolute Gasteiger partial charge is 0.363 e. The minimum atomic E-state index is -2.30. The molecule has 230 valence electrons. The van der Waals surface area contributed by atoms with Crippen LogP contribution in [0.5, 0.6) is 0 Å². The van der Waals surface area contributed by atoms with E-state index >= 15 is 0 Å². The van der Waals surface area contributed by atoms with E-state index in [2.05, 4.69) is 59.0 Å². The Balaban J connectivity index is 1.43. The number of hydroxylamine groups is 2. The van der Waals surface area contributed by atoms with E-state index in [1.54, 1.807) is 0 Å². The molecule has 2 aromatic rings. The average molecular weight is 622 g/mol. The lowest BCUT2D eigenvalue weighted by Gasteiger charge is -2.38. The summed E-state index contributed by atoms with van der Waals surface area (Å²) in [4.78, 5) is 57.7. The topological polar surface area (TPSA) is 110 Å². The summed E-state index contributed by atoms with van der Waals surface area (Å²) in [6, 6.07) is 10.7. The summed E-state index contributed by atoms with van der Waals surface area (Å²) >= 11 is 0. The van der Waals surface area contributed by atoms with E-state index in [1.807, 2.05) is 0 Å². The maximum absolute atomic E-state index is 13.2. The van der Waals surface area contributed by atoms with Gasteiger partial charge in [-0.15, -0.1) is 5.06 Å². The van der Waals surface area contributed by atoms with Gasteiger partial charge in [0.2, 0.25) is 0 Å². The van der Waals surface area contributed by atoms with Crippen molar-refractivity contribution in [2.75, 3.05) is 31.1 Å². The molecule has 2 amide bonds. The van der Waals surface area contributed by atoms with Crippen molar-refractivity contribution in [3.8, 4) is 0 Å². The van der Waals surface area contributed by atoms with Crippen molar-refractivity contribution in [3.05, 3.63) is 87.6 Å². The van der Waals surface area contributed by atoms with Crippen LogP contribution in [0.3, 0.4) is 0 Å². The normalized spacial score (nSPS) is 20.5. The molecule has 45 heavy (non-hydrogen) atoms. The molecule has 3 fully saturated rings. The molecule has 9 nitrogen and oxygen atoms in total. The number of benzene rings is 2. The summed E-state index contributed by atoms with van der Waals surface area (Å²) in [6.07, 6.45) is 11.1. The lowest BCUT2D eigenvalue weighted by atomic mass is 9.86. The van der Waals surface area contributed by atoms with E-state index < -0.39 is 31.8 Å². The lowest BCUT2D eigenvalue weighted by molar-refractivity contribution is -0.504. The van der Waals surface area contributed by atoms with Crippen molar-refractivity contribution in [3.63, 3.8) is 0 Å². The minimum Gasteiger partial charge on any atom is -0.545 e. The van der Waals surface area contributed by atoms with Crippen molar-refractivity contribution >= 4 is 54.0 Å². The predicted molar refractivity (Wildman–Crippen MR) is 170 cm³/mol. The van der Waals surface area contributed by atoms with Crippen molar-refractivity contribution < 1.29 is 33.7 Å². The third kappa shape index (κ3) is 4.97. The fourth-order valence-electron chi connectivity index (χ4n) is 7.31. The van der Waals surface area contributed by atoms with Crippen LogP contribution in [-0.4, -0.2) is 73.4 Å². The van der Waals surface area contributed by atoms with Crippen LogP contribution in [0.15, 0.2) is 65.4 Å². The van der Waals surface area contributed by atoms with Crippen molar-refractivity contribution in [2.45, 2.75) is 51.6 Å². The number of carboxylic acids is 1. The molecule has 0 unspecified atom stereocenters. The molecule has 1 aliphatic carbocycles. The Morgan fingerprint density at radius 2 is 1.60 bits per heavy atom. The summed E-state index contributed by atoms with van der Waals surface area (Å²) in [6.45, 7) is 8.73. The third-order valence-electron chi connectivity index (χ3n) is 9.76. The second-order valence-electron chi connectivity index (χ2n) is 12.9. The molecule has 0 spiro atoms. The number of carbonyl (C=O) groups excluding carboxylic acids is 4. The molecule has 0 radical (unpaired) electrons. The molecule has 2 aromatic carbocycles. The number of hydrogen-bond donors (Lipinski definition) is 0. The lowest BCUT2D eigenvalue weighted by Crippen LogP contribution is -2.50. The van der Waals surface area contributed by atoms with Gasteiger partial charge in [0.1, 0.15) is 21.2 Å². The second-order valence-corrected chi connectivity index (χ2v) is 17.2. The number of carboxylic acid groups (broad SMARTS) is 1. The number of allylic oxidation sites excluding steroid dienone is 5. The maximum Gasteiger partial charge on any atom is 0.363 e. The quantitative estimate of drug-likeness (QED) is 0.287. The monoisotopic (exact) mass is 621 g/mol. The Hall–Kier alpha value is -4.57. The van der Waals surface area contributed by atoms with Crippen LogP contribution in [0.25, 0.3) is 5.57 Å². The zero-order valence-electron chi connectivity index (χ0n) is 25.6. The number of nitrogens with zero attached hydrogens (tertiary/aromatic N) is 3. The van der Waals surface area contributed by atoms with Crippen LogP contribution in [0.4, 0.5) is 5.69 Å². The molecule has 0 bridgehead atoms. The van der Waals surface area contributed by atoms with Crippen molar-refractivity contribution in [1.29, 1.82) is 0 Å². The first-order chi connectivity index (χ1) is 21.6. The minimum absolute atomic E-state index is 0.0228. The van der Waals surface area contributed by atoms with Gasteiger partial charge in [-0.05, 0) is 75.8 Å². The molecule has 4 aliphatic heterocycles. The average Bonchev–Trinajstić information content (AvgIpc) is 3.82. The molecule has 5 aliphatic rings. The van der Waals surface area contributed by atoms with E-state index in [4.69, 9.17) is 4.84 Å². The van der Waals surface area contributed by atoms with E-state index in [0.717, 1.165) is 68.6 Å². The summed E-state index contributed by atoms with van der Waals surface area (Å²) in [5.74, 6) is -3.45. The zero-order chi connectivity index (χ0) is 31.5. The van der Waals surface area contributed by atoms with E-state index in [9.17, 15) is 24.3 Å². The molecular weight excluding hydrogens is 586 g/mol. The number of imide groups is 1. The number of fused-ring (bicyclic) bond motifs is 2. The molecule has 7 rings (SSSR count). The Morgan fingerprint density at radius 3 is 2.29 bits per heavy atom. The number of anilines is 1. The standard InChI is InChI=1S/C35H35N3O6Si/c1-45(2)29-20-23(36-15-3-4-16-36)8-11-26(29)33(27-12-9-24(21-30(27)45)37-17-5-6-18-37)28-19-22(7-10-25(28)34(41)42)35(43)44-38-31(39)13-14-32(38)40/h7-12,19-21H,3-6,13-18H2,1-2H3. The number of aromatic carboxylic acids is 1. The Bertz CT molecular complexity index is 1790. The molecule has 4 heterocycles. The summed E-state index contributed by atoms with van der Waals surface area (Å²) in [7, 11) is -2.30. The van der Waals surface area contributed by atoms with Crippen LogP contribution >= 0.6 is 0 Å². The van der Waals surface area contributed by atoms with E-state index in [1.165, 1.54) is 40.0 Å². The Labute approximate surface area is 262 Å². The van der Waals surface area contributed by atoms with Crippen LogP contribution in [0, 0.1) is 0 Å². The summed E-state index contributed by atoms with van der Waals surface area (Å²) in [5, 5.41) is 15.5. The van der Waals surface area contributed by atoms with Gasteiger partial charge in [0, 0.05) is 62.2 Å². The molecule has 0 atom stereocenters. The first kappa shape index (κ1) is 29.2. The molecular formula is C35H35N3O6Si. The van der Waals surface area contributed by atoms with Gasteiger partial charge < -0.3 is 19.6 Å². The van der Waals surface area contributed by atoms with Crippen LogP contribution in [-0.2, 0) is 14.4 Å². The number of carbonyl (C=O) groups is 4. The van der Waals surface area contributed by atoms with E-state index in [0.29, 0.717) is 10.6 Å². The first-order valence-corrected chi connectivity index (χ1v) is 18.7. The number of amides is 2. The van der Waals surface area contributed by atoms with Gasteiger partial charge in [0.05, 0.1) is 11.5 Å².